The number of allylic oxidation sites excluding steroid dienone is 6. The van der Waals surface area contributed by atoms with Gasteiger partial charge in [-0.05, 0) is 49.9 Å². The van der Waals surface area contributed by atoms with Crippen molar-refractivity contribution in [3.05, 3.63) is 59.7 Å². The van der Waals surface area contributed by atoms with Crippen molar-refractivity contribution in [2.45, 2.75) is 38.5 Å². The average molecular weight is 406 g/mol. The predicted octanol–water partition coefficient (Wildman–Crippen LogP) is 5.47. The third-order valence-corrected chi connectivity index (χ3v) is 7.16. The Hall–Kier alpha value is -3.02. The molecule has 0 spiro atoms. The number of benzene rings is 1. The average Bonchev–Trinajstić information content (AvgIpc) is 2.71. The first-order valence-electron chi connectivity index (χ1n) is 10.6. The number of anilines is 2. The number of ether oxygens (including phenoxy) is 2. The Morgan fingerprint density at radius 2 is 1.30 bits per heavy atom. The fourth-order valence-electron chi connectivity index (χ4n) is 5.98. The maximum atomic E-state index is 12.2. The molecule has 0 aliphatic heterocycles. The summed E-state index contributed by atoms with van der Waals surface area (Å²) in [4.78, 5) is 24.5. The van der Waals surface area contributed by atoms with Crippen molar-refractivity contribution in [1.29, 1.82) is 0 Å². The maximum absolute atomic E-state index is 12.2. The van der Waals surface area contributed by atoms with Crippen molar-refractivity contribution in [3.63, 3.8) is 0 Å². The molecule has 5 aliphatic carbocycles. The monoisotopic (exact) mass is 406 g/mol. The summed E-state index contributed by atoms with van der Waals surface area (Å²) in [5.74, 6) is 0.238. The Morgan fingerprint density at radius 1 is 0.867 bits per heavy atom. The summed E-state index contributed by atoms with van der Waals surface area (Å²) in [5.41, 5.74) is 3.66. The molecular formula is C24H26N2O4. The van der Waals surface area contributed by atoms with Gasteiger partial charge < -0.3 is 9.47 Å². The molecule has 1 aromatic rings. The summed E-state index contributed by atoms with van der Waals surface area (Å²) >= 11 is 0. The molecule has 6 heteroatoms. The van der Waals surface area contributed by atoms with E-state index in [9.17, 15) is 9.59 Å². The molecule has 0 fully saturated rings. The molecule has 2 bridgehead atoms. The highest BCUT2D eigenvalue weighted by Crippen LogP contribution is 2.76. The summed E-state index contributed by atoms with van der Waals surface area (Å²) in [5, 5.41) is 5.86. The molecule has 0 aromatic heterocycles. The minimum atomic E-state index is -0.465. The van der Waals surface area contributed by atoms with Crippen LogP contribution in [-0.4, -0.2) is 25.4 Å². The summed E-state index contributed by atoms with van der Waals surface area (Å²) in [6.45, 7) is 4.19. The third-order valence-electron chi connectivity index (χ3n) is 7.16. The van der Waals surface area contributed by atoms with Gasteiger partial charge in [-0.2, -0.15) is 0 Å². The molecule has 156 valence electrons. The van der Waals surface area contributed by atoms with Gasteiger partial charge in [0.05, 0.1) is 13.2 Å². The fraction of sp³-hybridized carbons (Fsp3) is 0.417. The number of carbonyl (C=O) groups is 2. The maximum Gasteiger partial charge on any atom is 0.411 e. The molecule has 0 heterocycles. The van der Waals surface area contributed by atoms with E-state index in [1.165, 1.54) is 0 Å². The first-order valence-corrected chi connectivity index (χ1v) is 10.6. The zero-order valence-corrected chi connectivity index (χ0v) is 17.2. The van der Waals surface area contributed by atoms with Crippen LogP contribution in [-0.2, 0) is 9.47 Å². The van der Waals surface area contributed by atoms with Crippen LogP contribution in [0.1, 0.15) is 49.7 Å². The summed E-state index contributed by atoms with van der Waals surface area (Å²) in [6, 6.07) is 3.70. The number of rotatable bonds is 4. The molecule has 0 saturated carbocycles. The van der Waals surface area contributed by atoms with E-state index in [0.29, 0.717) is 13.2 Å². The van der Waals surface area contributed by atoms with Crippen molar-refractivity contribution in [2.24, 2.45) is 10.8 Å². The number of carbonyl (C=O) groups excluding carboxylic acids is 2. The third kappa shape index (κ3) is 2.36. The van der Waals surface area contributed by atoms with Crippen LogP contribution in [0.5, 0.6) is 0 Å². The predicted molar refractivity (Wildman–Crippen MR) is 115 cm³/mol. The van der Waals surface area contributed by atoms with Gasteiger partial charge in [0.15, 0.2) is 0 Å². The molecule has 1 aromatic carbocycles. The zero-order valence-electron chi connectivity index (χ0n) is 17.2. The van der Waals surface area contributed by atoms with Gasteiger partial charge >= 0.3 is 12.2 Å². The van der Waals surface area contributed by atoms with E-state index >= 15 is 0 Å². The van der Waals surface area contributed by atoms with E-state index in [2.05, 4.69) is 47.1 Å². The highest BCUT2D eigenvalue weighted by atomic mass is 16.6. The molecule has 0 saturated heterocycles. The lowest BCUT2D eigenvalue weighted by Crippen LogP contribution is -2.58. The van der Waals surface area contributed by atoms with E-state index in [4.69, 9.17) is 9.47 Å². The number of hydrogen-bond donors (Lipinski definition) is 2. The van der Waals surface area contributed by atoms with Crippen LogP contribution in [0.2, 0.25) is 0 Å². The second kappa shape index (κ2) is 6.76. The van der Waals surface area contributed by atoms with Crippen molar-refractivity contribution in [1.82, 2.24) is 0 Å². The molecule has 4 atom stereocenters. The van der Waals surface area contributed by atoms with Crippen LogP contribution in [0.25, 0.3) is 0 Å². The Balaban J connectivity index is 1.65. The Kier molecular flexibility index (Phi) is 4.27. The number of nitrogens with one attached hydrogen (secondary N) is 2. The Morgan fingerprint density at radius 3 is 1.67 bits per heavy atom. The second-order valence-electron chi connectivity index (χ2n) is 8.31. The lowest BCUT2D eigenvalue weighted by Gasteiger charge is -2.67. The lowest BCUT2D eigenvalue weighted by molar-refractivity contribution is 0.0369. The SMILES string of the molecule is CCOC(=O)Nc1ccc(NC(=O)OCC)c2c1[C@H]1C=C[C@H]2[C@@]23C=C[C@]12CC=CC3. The molecule has 0 unspecified atom stereocenters. The Bertz CT molecular complexity index is 934. The molecular weight excluding hydrogens is 380 g/mol. The summed E-state index contributed by atoms with van der Waals surface area (Å²) < 4.78 is 10.3. The van der Waals surface area contributed by atoms with Crippen LogP contribution in [0.15, 0.2) is 48.6 Å². The summed E-state index contributed by atoms with van der Waals surface area (Å²) in [7, 11) is 0. The second-order valence-corrected chi connectivity index (χ2v) is 8.31. The van der Waals surface area contributed by atoms with Crippen LogP contribution < -0.4 is 10.6 Å². The van der Waals surface area contributed by atoms with Gasteiger partial charge in [0.2, 0.25) is 0 Å². The quantitative estimate of drug-likeness (QED) is 0.651. The van der Waals surface area contributed by atoms with Crippen molar-refractivity contribution in [3.8, 4) is 0 Å². The molecule has 6 nitrogen and oxygen atoms in total. The van der Waals surface area contributed by atoms with Gasteiger partial charge in [0, 0.05) is 34.0 Å². The topological polar surface area (TPSA) is 76.7 Å². The van der Waals surface area contributed by atoms with E-state index < -0.39 is 12.2 Å². The number of hydrogen-bond acceptors (Lipinski definition) is 4. The van der Waals surface area contributed by atoms with Crippen LogP contribution >= 0.6 is 0 Å². The van der Waals surface area contributed by atoms with Gasteiger partial charge in [-0.1, -0.05) is 36.5 Å². The molecule has 0 radical (unpaired) electrons. The molecule has 2 amide bonds. The number of amides is 2. The van der Waals surface area contributed by atoms with Crippen LogP contribution in [0.3, 0.4) is 0 Å². The summed E-state index contributed by atoms with van der Waals surface area (Å²) in [6.07, 6.45) is 14.8. The molecule has 2 N–H and O–H groups in total. The van der Waals surface area contributed by atoms with Crippen molar-refractivity contribution < 1.29 is 19.1 Å². The first kappa shape index (κ1) is 19.0. The van der Waals surface area contributed by atoms with E-state index in [1.807, 2.05) is 12.1 Å². The van der Waals surface area contributed by atoms with Crippen molar-refractivity contribution >= 4 is 23.6 Å². The minimum absolute atomic E-state index is 0.0157. The molecule has 6 rings (SSSR count). The van der Waals surface area contributed by atoms with E-state index in [0.717, 1.165) is 35.3 Å². The smallest absolute Gasteiger partial charge is 0.411 e. The minimum Gasteiger partial charge on any atom is -0.450 e. The zero-order chi connectivity index (χ0) is 20.9. The van der Waals surface area contributed by atoms with Gasteiger partial charge in [0.1, 0.15) is 0 Å². The van der Waals surface area contributed by atoms with Crippen molar-refractivity contribution in [2.75, 3.05) is 23.8 Å². The Labute approximate surface area is 176 Å². The van der Waals surface area contributed by atoms with E-state index in [1.54, 1.807) is 13.8 Å². The van der Waals surface area contributed by atoms with Crippen LogP contribution in [0, 0.1) is 10.8 Å². The van der Waals surface area contributed by atoms with Gasteiger partial charge in [0.25, 0.3) is 0 Å². The first-order chi connectivity index (χ1) is 14.6. The fourth-order valence-corrected chi connectivity index (χ4v) is 5.98. The van der Waals surface area contributed by atoms with Crippen LogP contribution in [0.4, 0.5) is 21.0 Å². The molecule has 30 heavy (non-hydrogen) atoms. The van der Waals surface area contributed by atoms with Gasteiger partial charge in [-0.3, -0.25) is 10.6 Å². The largest absolute Gasteiger partial charge is 0.450 e. The lowest BCUT2D eigenvalue weighted by atomic mass is 9.36. The van der Waals surface area contributed by atoms with E-state index in [-0.39, 0.29) is 22.7 Å². The highest BCUT2D eigenvalue weighted by molar-refractivity contribution is 5.92. The highest BCUT2D eigenvalue weighted by Gasteiger charge is 2.66. The molecule has 5 aliphatic rings. The standard InChI is InChI=1S/C24H26N2O4/c1-3-29-21(27)25-17-9-10-18(26-22(28)30-4-2)20-16-8-7-15(19(17)20)23-11-5-6-12-24(16,23)14-13-23/h5-10,13-16H,3-4,11-12H2,1-2H3,(H,25,27)(H,26,28)/t15-,16-,23-,24-/m1/s1. The van der Waals surface area contributed by atoms with Gasteiger partial charge in [-0.25, -0.2) is 9.59 Å². The van der Waals surface area contributed by atoms with Gasteiger partial charge in [-0.15, -0.1) is 0 Å². The normalized spacial score (nSPS) is 31.1.